The zero-order valence-electron chi connectivity index (χ0n) is 11.7. The van der Waals surface area contributed by atoms with E-state index in [-0.39, 0.29) is 0 Å². The van der Waals surface area contributed by atoms with Gasteiger partial charge in [0.05, 0.1) is 12.2 Å². The highest BCUT2D eigenvalue weighted by atomic mass is 35.5. The van der Waals surface area contributed by atoms with Crippen molar-refractivity contribution < 1.29 is 4.79 Å². The molecule has 3 rings (SSSR count). The number of anilines is 1. The first kappa shape index (κ1) is 13.7. The van der Waals surface area contributed by atoms with Gasteiger partial charge in [0, 0.05) is 34.9 Å². The summed E-state index contributed by atoms with van der Waals surface area (Å²) in [5.41, 5.74) is 2.85. The summed E-state index contributed by atoms with van der Waals surface area (Å²) in [4.78, 5) is 13.3. The van der Waals surface area contributed by atoms with Crippen molar-refractivity contribution in [2.45, 2.75) is 6.67 Å². The molecule has 1 heterocycles. The smallest absolute Gasteiger partial charge is 0.152 e. The van der Waals surface area contributed by atoms with Gasteiger partial charge in [-0.3, -0.25) is 4.79 Å². The number of para-hydroxylation sites is 1. The van der Waals surface area contributed by atoms with Gasteiger partial charge in [-0.25, -0.2) is 0 Å². The second-order valence-corrected chi connectivity index (χ2v) is 5.44. The zero-order chi connectivity index (χ0) is 14.8. The first-order chi connectivity index (χ1) is 10.2. The molecular weight excluding hydrogens is 284 g/mol. The molecule has 0 amide bonds. The number of fused-ring (bicyclic) bond motifs is 1. The van der Waals surface area contributed by atoms with Crippen LogP contribution in [-0.2, 0) is 6.67 Å². The number of carbonyl (C=O) groups excluding carboxylic acids is 1. The fraction of sp³-hybridized carbons (Fsp3) is 0.118. The predicted octanol–water partition coefficient (Wildman–Crippen LogP) is 4.20. The normalized spacial score (nSPS) is 10.8. The second-order valence-electron chi connectivity index (χ2n) is 5.01. The van der Waals surface area contributed by atoms with Crippen molar-refractivity contribution in [2.75, 3.05) is 11.9 Å². The summed E-state index contributed by atoms with van der Waals surface area (Å²) < 4.78 is 2.08. The van der Waals surface area contributed by atoms with E-state index >= 15 is 0 Å². The van der Waals surface area contributed by atoms with Gasteiger partial charge in [-0.05, 0) is 30.3 Å². The lowest BCUT2D eigenvalue weighted by molar-refractivity contribution is 0.112. The van der Waals surface area contributed by atoms with Crippen molar-refractivity contribution in [3.63, 3.8) is 0 Å². The third-order valence-corrected chi connectivity index (χ3v) is 3.83. The molecule has 106 valence electrons. The Bertz CT molecular complexity index is 777. The Labute approximate surface area is 128 Å². The molecule has 0 aliphatic heterocycles. The number of aromatic nitrogens is 1. The number of carbonyl (C=O) groups is 1. The summed E-state index contributed by atoms with van der Waals surface area (Å²) in [7, 11) is 2.01. The predicted molar refractivity (Wildman–Crippen MR) is 87.2 cm³/mol. The molecule has 0 aliphatic rings. The Morgan fingerprint density at radius 2 is 1.86 bits per heavy atom. The molecule has 4 heteroatoms. The minimum atomic E-state index is 0.663. The van der Waals surface area contributed by atoms with Crippen LogP contribution in [0.4, 0.5) is 5.69 Å². The lowest BCUT2D eigenvalue weighted by Crippen LogP contribution is -2.20. The molecule has 0 spiro atoms. The molecule has 0 aliphatic carbocycles. The number of nitrogens with zero attached hydrogens (tertiary/aromatic N) is 2. The molecule has 1 aromatic heterocycles. The van der Waals surface area contributed by atoms with Crippen molar-refractivity contribution >= 4 is 34.5 Å². The summed E-state index contributed by atoms with van der Waals surface area (Å²) in [6.45, 7) is 0.663. The highest BCUT2D eigenvalue weighted by Crippen LogP contribution is 2.22. The molecule has 0 bridgehead atoms. The Kier molecular flexibility index (Phi) is 3.67. The number of hydrogen-bond acceptors (Lipinski definition) is 2. The SMILES string of the molecule is CN(Cn1cc(C=O)c2ccccc21)c1ccc(Cl)cc1. The van der Waals surface area contributed by atoms with E-state index in [9.17, 15) is 4.79 Å². The third-order valence-electron chi connectivity index (χ3n) is 3.58. The van der Waals surface area contributed by atoms with Gasteiger partial charge in [0.2, 0.25) is 0 Å². The maximum Gasteiger partial charge on any atom is 0.152 e. The Balaban J connectivity index is 1.94. The van der Waals surface area contributed by atoms with Crippen LogP contribution in [0.5, 0.6) is 0 Å². The van der Waals surface area contributed by atoms with Crippen LogP contribution in [0.1, 0.15) is 10.4 Å². The fourth-order valence-corrected chi connectivity index (χ4v) is 2.62. The number of benzene rings is 2. The van der Waals surface area contributed by atoms with Crippen LogP contribution in [0, 0.1) is 0 Å². The molecule has 0 radical (unpaired) electrons. The molecule has 0 unspecified atom stereocenters. The number of halogens is 1. The molecule has 0 saturated carbocycles. The van der Waals surface area contributed by atoms with Crippen molar-refractivity contribution in [1.29, 1.82) is 0 Å². The van der Waals surface area contributed by atoms with Crippen LogP contribution in [0.2, 0.25) is 5.02 Å². The van der Waals surface area contributed by atoms with Gasteiger partial charge < -0.3 is 9.47 Å². The van der Waals surface area contributed by atoms with E-state index in [0.717, 1.165) is 33.5 Å². The van der Waals surface area contributed by atoms with E-state index in [1.165, 1.54) is 0 Å². The standard InChI is InChI=1S/C17H15ClN2O/c1-19(15-8-6-14(18)7-9-15)12-20-10-13(11-21)16-4-2-3-5-17(16)20/h2-11H,12H2,1H3. The third kappa shape index (κ3) is 2.65. The van der Waals surface area contributed by atoms with Gasteiger partial charge in [-0.2, -0.15) is 0 Å². The van der Waals surface area contributed by atoms with Crippen molar-refractivity contribution in [3.05, 3.63) is 65.3 Å². The van der Waals surface area contributed by atoms with E-state index in [4.69, 9.17) is 11.6 Å². The number of hydrogen-bond donors (Lipinski definition) is 0. The fourth-order valence-electron chi connectivity index (χ4n) is 2.49. The lowest BCUT2D eigenvalue weighted by Gasteiger charge is -2.20. The molecule has 0 N–H and O–H groups in total. The van der Waals surface area contributed by atoms with E-state index in [2.05, 4.69) is 9.47 Å². The van der Waals surface area contributed by atoms with Gasteiger partial charge in [-0.1, -0.05) is 29.8 Å². The maximum absolute atomic E-state index is 11.2. The van der Waals surface area contributed by atoms with Crippen LogP contribution >= 0.6 is 11.6 Å². The topological polar surface area (TPSA) is 25.2 Å². The van der Waals surface area contributed by atoms with E-state index in [1.807, 2.05) is 61.8 Å². The van der Waals surface area contributed by atoms with Gasteiger partial charge in [-0.15, -0.1) is 0 Å². The van der Waals surface area contributed by atoms with Crippen molar-refractivity contribution in [1.82, 2.24) is 4.57 Å². The molecule has 0 atom stereocenters. The first-order valence-electron chi connectivity index (χ1n) is 6.69. The van der Waals surface area contributed by atoms with Crippen LogP contribution in [0.3, 0.4) is 0 Å². The van der Waals surface area contributed by atoms with E-state index < -0.39 is 0 Å². The summed E-state index contributed by atoms with van der Waals surface area (Å²) in [6, 6.07) is 15.6. The molecule has 3 nitrogen and oxygen atoms in total. The van der Waals surface area contributed by atoms with E-state index in [0.29, 0.717) is 6.67 Å². The summed E-state index contributed by atoms with van der Waals surface area (Å²) in [5, 5.41) is 1.71. The number of rotatable bonds is 4. The van der Waals surface area contributed by atoms with Gasteiger partial charge in [0.25, 0.3) is 0 Å². The van der Waals surface area contributed by atoms with E-state index in [1.54, 1.807) is 0 Å². The lowest BCUT2D eigenvalue weighted by atomic mass is 10.2. The number of aldehydes is 1. The maximum atomic E-state index is 11.2. The second kappa shape index (κ2) is 5.62. The molecular formula is C17H15ClN2O. The first-order valence-corrected chi connectivity index (χ1v) is 7.06. The quantitative estimate of drug-likeness (QED) is 0.674. The summed E-state index contributed by atoms with van der Waals surface area (Å²) in [6.07, 6.45) is 2.80. The summed E-state index contributed by atoms with van der Waals surface area (Å²) in [5.74, 6) is 0. The average molecular weight is 299 g/mol. The molecule has 0 fully saturated rings. The highest BCUT2D eigenvalue weighted by Gasteiger charge is 2.09. The average Bonchev–Trinajstić information content (AvgIpc) is 2.86. The monoisotopic (exact) mass is 298 g/mol. The Morgan fingerprint density at radius 3 is 2.57 bits per heavy atom. The van der Waals surface area contributed by atoms with Crippen LogP contribution < -0.4 is 4.90 Å². The van der Waals surface area contributed by atoms with Gasteiger partial charge in [0.1, 0.15) is 0 Å². The minimum Gasteiger partial charge on any atom is -0.357 e. The van der Waals surface area contributed by atoms with Crippen molar-refractivity contribution in [3.8, 4) is 0 Å². The minimum absolute atomic E-state index is 0.663. The highest BCUT2D eigenvalue weighted by molar-refractivity contribution is 6.30. The van der Waals surface area contributed by atoms with Crippen LogP contribution in [0.15, 0.2) is 54.7 Å². The molecule has 3 aromatic rings. The zero-order valence-corrected chi connectivity index (χ0v) is 12.4. The largest absolute Gasteiger partial charge is 0.357 e. The van der Waals surface area contributed by atoms with Gasteiger partial charge >= 0.3 is 0 Å². The Morgan fingerprint density at radius 1 is 1.14 bits per heavy atom. The molecule has 0 saturated heterocycles. The van der Waals surface area contributed by atoms with Crippen LogP contribution in [-0.4, -0.2) is 17.9 Å². The summed E-state index contributed by atoms with van der Waals surface area (Å²) >= 11 is 5.91. The van der Waals surface area contributed by atoms with Crippen molar-refractivity contribution in [2.24, 2.45) is 0 Å². The molecule has 2 aromatic carbocycles. The van der Waals surface area contributed by atoms with Crippen LogP contribution in [0.25, 0.3) is 10.9 Å². The molecule has 21 heavy (non-hydrogen) atoms. The van der Waals surface area contributed by atoms with Gasteiger partial charge in [0.15, 0.2) is 6.29 Å². The Hall–Kier alpha value is -2.26.